The van der Waals surface area contributed by atoms with Gasteiger partial charge in [0.05, 0.1) is 8.07 Å². The van der Waals surface area contributed by atoms with Crippen LogP contribution in [0.5, 0.6) is 0 Å². The molecule has 1 aliphatic rings. The van der Waals surface area contributed by atoms with Crippen molar-refractivity contribution in [2.75, 3.05) is 0 Å². The first kappa shape index (κ1) is 11.7. The molecule has 3 heteroatoms. The number of esters is 1. The van der Waals surface area contributed by atoms with E-state index in [0.717, 1.165) is 16.7 Å². The lowest BCUT2D eigenvalue weighted by molar-refractivity contribution is -0.157. The van der Waals surface area contributed by atoms with E-state index in [0.29, 0.717) is 0 Å². The molecule has 0 radical (unpaired) electrons. The molecule has 0 saturated heterocycles. The van der Waals surface area contributed by atoms with Gasteiger partial charge in [-0.25, -0.2) is 0 Å². The Kier molecular flexibility index (Phi) is 2.70. The molecule has 0 unspecified atom stereocenters. The fourth-order valence-corrected chi connectivity index (χ4v) is 6.57. The Hall–Kier alpha value is -1.87. The van der Waals surface area contributed by atoms with Crippen LogP contribution in [-0.2, 0) is 15.1 Å². The SMILES string of the molecule is [2H]C([2H])([2H])C(=O)O[C@@]1(c2ccccc2)c2ccccc2[C@@H]1[Si](C)(C)C. The Morgan fingerprint density at radius 3 is 2.36 bits per heavy atom. The highest BCUT2D eigenvalue weighted by Crippen LogP contribution is 2.59. The van der Waals surface area contributed by atoms with Crippen LogP contribution in [0.4, 0.5) is 0 Å². The molecule has 0 fully saturated rings. The summed E-state index contributed by atoms with van der Waals surface area (Å²) in [5.74, 6) is -1.14. The molecule has 2 aromatic carbocycles. The minimum atomic E-state index is -2.78. The van der Waals surface area contributed by atoms with Crippen LogP contribution in [0.15, 0.2) is 54.6 Å². The summed E-state index contributed by atoms with van der Waals surface area (Å²) in [5, 5.41) is 0. The molecule has 0 aromatic heterocycles. The van der Waals surface area contributed by atoms with E-state index in [1.807, 2.05) is 48.5 Å². The summed E-state index contributed by atoms with van der Waals surface area (Å²) in [4.78, 5) is 12.4. The minimum absolute atomic E-state index is 0.00454. The lowest BCUT2D eigenvalue weighted by Crippen LogP contribution is -2.56. The first-order chi connectivity index (χ1) is 11.6. The van der Waals surface area contributed by atoms with Gasteiger partial charge < -0.3 is 4.74 Å². The van der Waals surface area contributed by atoms with Crippen molar-refractivity contribution >= 4 is 14.0 Å². The average Bonchev–Trinajstić information content (AvgIpc) is 2.51. The van der Waals surface area contributed by atoms with Crippen LogP contribution in [0.1, 0.15) is 33.2 Å². The van der Waals surface area contributed by atoms with E-state index in [2.05, 4.69) is 25.7 Å². The molecule has 0 bridgehead atoms. The molecule has 0 heterocycles. The minimum Gasteiger partial charge on any atom is -0.449 e. The van der Waals surface area contributed by atoms with Crippen LogP contribution in [0, 0.1) is 0 Å². The van der Waals surface area contributed by atoms with Gasteiger partial charge in [0.1, 0.15) is 0 Å². The van der Waals surface area contributed by atoms with Gasteiger partial charge in [-0.05, 0) is 5.56 Å². The van der Waals surface area contributed by atoms with Crippen LogP contribution in [0.25, 0.3) is 0 Å². The third-order valence-corrected chi connectivity index (χ3v) is 6.85. The monoisotopic (exact) mass is 313 g/mol. The number of ether oxygens (including phenoxy) is 1. The van der Waals surface area contributed by atoms with Gasteiger partial charge in [-0.1, -0.05) is 74.2 Å². The molecule has 0 amide bonds. The highest BCUT2D eigenvalue weighted by atomic mass is 28.3. The molecule has 2 aromatic rings. The van der Waals surface area contributed by atoms with E-state index in [1.165, 1.54) is 0 Å². The maximum Gasteiger partial charge on any atom is 0.303 e. The second-order valence-corrected chi connectivity index (χ2v) is 12.2. The average molecular weight is 313 g/mol. The van der Waals surface area contributed by atoms with Gasteiger partial charge in [0.25, 0.3) is 0 Å². The van der Waals surface area contributed by atoms with Gasteiger partial charge in [-0.15, -0.1) is 0 Å². The van der Waals surface area contributed by atoms with Gasteiger partial charge in [0, 0.05) is 27.6 Å². The Morgan fingerprint density at radius 2 is 1.73 bits per heavy atom. The van der Waals surface area contributed by atoms with Crippen molar-refractivity contribution in [3.05, 3.63) is 71.3 Å². The lowest BCUT2D eigenvalue weighted by atomic mass is 9.68. The molecule has 0 saturated carbocycles. The summed E-state index contributed by atoms with van der Waals surface area (Å²) >= 11 is 0. The summed E-state index contributed by atoms with van der Waals surface area (Å²) in [6, 6.07) is 17.4. The third-order valence-electron chi connectivity index (χ3n) is 4.40. The molecule has 2 atom stereocenters. The van der Waals surface area contributed by atoms with Gasteiger partial charge in [-0.2, -0.15) is 0 Å². The van der Waals surface area contributed by atoms with Crippen LogP contribution in [0.3, 0.4) is 0 Å². The van der Waals surface area contributed by atoms with E-state index in [1.54, 1.807) is 0 Å². The molecule has 22 heavy (non-hydrogen) atoms. The molecular formula is C19H22O2Si. The summed E-state index contributed by atoms with van der Waals surface area (Å²) in [6.07, 6.45) is 0. The second kappa shape index (κ2) is 5.09. The molecule has 0 aliphatic heterocycles. The smallest absolute Gasteiger partial charge is 0.303 e. The van der Waals surface area contributed by atoms with Crippen LogP contribution in [-0.4, -0.2) is 14.0 Å². The molecule has 3 rings (SSSR count). The number of rotatable bonds is 3. The zero-order valence-electron chi connectivity index (χ0n) is 16.1. The zero-order chi connectivity index (χ0) is 18.5. The van der Waals surface area contributed by atoms with Gasteiger partial charge >= 0.3 is 5.97 Å². The van der Waals surface area contributed by atoms with Gasteiger partial charge in [0.2, 0.25) is 0 Å². The van der Waals surface area contributed by atoms with E-state index in [9.17, 15) is 4.79 Å². The second-order valence-electron chi connectivity index (χ2n) is 6.88. The van der Waals surface area contributed by atoms with Crippen LogP contribution < -0.4 is 0 Å². The van der Waals surface area contributed by atoms with Crippen molar-refractivity contribution < 1.29 is 13.6 Å². The van der Waals surface area contributed by atoms with E-state index in [4.69, 9.17) is 8.85 Å². The molecule has 0 N–H and O–H groups in total. The number of benzene rings is 2. The molecule has 2 nitrogen and oxygen atoms in total. The maximum atomic E-state index is 12.4. The Balaban J connectivity index is 2.23. The van der Waals surface area contributed by atoms with Crippen LogP contribution in [0.2, 0.25) is 19.6 Å². The predicted molar refractivity (Wildman–Crippen MR) is 91.5 cm³/mol. The largest absolute Gasteiger partial charge is 0.449 e. The third kappa shape index (κ3) is 2.12. The normalized spacial score (nSPS) is 26.0. The van der Waals surface area contributed by atoms with Gasteiger partial charge in [-0.3, -0.25) is 4.79 Å². The summed E-state index contributed by atoms with van der Waals surface area (Å²) in [6.45, 7) is 3.87. The summed E-state index contributed by atoms with van der Waals surface area (Å²) in [7, 11) is -1.83. The number of hydrogen-bond acceptors (Lipinski definition) is 2. The highest BCUT2D eigenvalue weighted by Gasteiger charge is 2.60. The number of hydrogen-bond donors (Lipinski definition) is 0. The van der Waals surface area contributed by atoms with E-state index < -0.39 is 26.5 Å². The van der Waals surface area contributed by atoms with Crippen LogP contribution >= 0.6 is 0 Å². The molecule has 114 valence electrons. The topological polar surface area (TPSA) is 26.3 Å². The highest BCUT2D eigenvalue weighted by molar-refractivity contribution is 6.78. The number of carbonyl (C=O) groups is 1. The van der Waals surface area contributed by atoms with Crippen molar-refractivity contribution in [3.8, 4) is 0 Å². The van der Waals surface area contributed by atoms with Crippen molar-refractivity contribution in [2.45, 2.75) is 37.6 Å². The fraction of sp³-hybridized carbons (Fsp3) is 0.316. The summed E-state index contributed by atoms with van der Waals surface area (Å²) in [5.41, 5.74) is 1.87. The predicted octanol–water partition coefficient (Wildman–Crippen LogP) is 4.47. The van der Waals surface area contributed by atoms with Crippen molar-refractivity contribution in [1.29, 1.82) is 0 Å². The first-order valence-electron chi connectivity index (χ1n) is 8.97. The van der Waals surface area contributed by atoms with Crippen molar-refractivity contribution in [3.63, 3.8) is 0 Å². The first-order valence-corrected chi connectivity index (χ1v) is 11.0. The Labute approximate surface area is 137 Å². The van der Waals surface area contributed by atoms with E-state index in [-0.39, 0.29) is 5.54 Å². The maximum absolute atomic E-state index is 12.4. The Morgan fingerprint density at radius 1 is 1.09 bits per heavy atom. The molecule has 0 spiro atoms. The summed E-state index contributed by atoms with van der Waals surface area (Å²) < 4.78 is 28.2. The van der Waals surface area contributed by atoms with Crippen molar-refractivity contribution in [1.82, 2.24) is 0 Å². The van der Waals surface area contributed by atoms with Crippen molar-refractivity contribution in [2.24, 2.45) is 0 Å². The lowest BCUT2D eigenvalue weighted by Gasteiger charge is -2.55. The number of fused-ring (bicyclic) bond motifs is 1. The Bertz CT molecular complexity index is 796. The standard InChI is InChI=1S/C19H22O2Si/c1-14(20)21-19(15-10-6-5-7-11-15)17-13-9-8-12-16(17)18(19)22(2,3)4/h5-13,18H,1-4H3/t18-,19-/m0/s1/i1D3. The fourth-order valence-electron chi connectivity index (χ4n) is 3.79. The molecule has 1 aliphatic carbocycles. The number of carbonyl (C=O) groups excluding carboxylic acids is 1. The zero-order valence-corrected chi connectivity index (χ0v) is 14.1. The van der Waals surface area contributed by atoms with Gasteiger partial charge in [0.15, 0.2) is 5.60 Å². The van der Waals surface area contributed by atoms with E-state index >= 15 is 0 Å². The molecular weight excluding hydrogens is 288 g/mol. The quantitative estimate of drug-likeness (QED) is 0.617.